The van der Waals surface area contributed by atoms with Gasteiger partial charge in [-0.25, -0.2) is 0 Å². The predicted molar refractivity (Wildman–Crippen MR) is 99.4 cm³/mol. The first-order valence-electron chi connectivity index (χ1n) is 8.00. The first-order chi connectivity index (χ1) is 12.6. The van der Waals surface area contributed by atoms with Gasteiger partial charge in [0.2, 0.25) is 5.75 Å². The molecule has 2 aromatic carbocycles. The van der Waals surface area contributed by atoms with Crippen LogP contribution in [0.4, 0.5) is 5.69 Å². The van der Waals surface area contributed by atoms with Crippen molar-refractivity contribution in [3.05, 3.63) is 53.6 Å². The van der Waals surface area contributed by atoms with E-state index >= 15 is 0 Å². The van der Waals surface area contributed by atoms with Crippen LogP contribution in [0.1, 0.15) is 12.5 Å². The molecule has 0 radical (unpaired) electrons. The topological polar surface area (TPSA) is 80.6 Å². The van der Waals surface area contributed by atoms with Gasteiger partial charge >= 0.3 is 0 Å². The number of hydrogen-bond acceptors (Lipinski definition) is 5. The number of nitrogens with one attached hydrogen (secondary N) is 1. The Morgan fingerprint density at radius 3 is 2.27 bits per heavy atom. The Balaban J connectivity index is 2.36. The zero-order valence-corrected chi connectivity index (χ0v) is 14.9. The third-order valence-corrected chi connectivity index (χ3v) is 3.48. The second kappa shape index (κ2) is 9.14. The highest BCUT2D eigenvalue weighted by Crippen LogP contribution is 2.39. The standard InChI is InChI=1S/C20H20N2O4/c1-4-26-19-17(24-2)11-14(12-18(19)25-3)10-15(13-21)20(23)22-16-8-6-5-7-9-16/h5-12H,4H2,1-3H3,(H,22,23)/b15-10-. The lowest BCUT2D eigenvalue weighted by atomic mass is 10.1. The highest BCUT2D eigenvalue weighted by molar-refractivity contribution is 6.09. The summed E-state index contributed by atoms with van der Waals surface area (Å²) in [6.07, 6.45) is 1.47. The summed E-state index contributed by atoms with van der Waals surface area (Å²) >= 11 is 0. The van der Waals surface area contributed by atoms with Gasteiger partial charge in [-0.3, -0.25) is 4.79 Å². The van der Waals surface area contributed by atoms with Crippen LogP contribution in [0.25, 0.3) is 6.08 Å². The molecule has 0 aromatic heterocycles. The molecule has 0 fully saturated rings. The van der Waals surface area contributed by atoms with Crippen LogP contribution in [0.5, 0.6) is 17.2 Å². The van der Waals surface area contributed by atoms with Gasteiger partial charge < -0.3 is 19.5 Å². The second-order valence-electron chi connectivity index (χ2n) is 5.18. The molecule has 1 amide bonds. The van der Waals surface area contributed by atoms with Crippen molar-refractivity contribution < 1.29 is 19.0 Å². The van der Waals surface area contributed by atoms with Gasteiger partial charge in [0, 0.05) is 5.69 Å². The third kappa shape index (κ3) is 4.54. The lowest BCUT2D eigenvalue weighted by molar-refractivity contribution is -0.112. The van der Waals surface area contributed by atoms with Crippen molar-refractivity contribution in [1.29, 1.82) is 5.26 Å². The summed E-state index contributed by atoms with van der Waals surface area (Å²) in [7, 11) is 3.02. The number of carbonyl (C=O) groups excluding carboxylic acids is 1. The van der Waals surface area contributed by atoms with Crippen LogP contribution < -0.4 is 19.5 Å². The molecule has 0 aliphatic rings. The van der Waals surface area contributed by atoms with Crippen molar-refractivity contribution in [2.45, 2.75) is 6.92 Å². The fraction of sp³-hybridized carbons (Fsp3) is 0.200. The minimum atomic E-state index is -0.495. The van der Waals surface area contributed by atoms with E-state index in [0.717, 1.165) is 0 Å². The minimum Gasteiger partial charge on any atom is -0.493 e. The molecular formula is C20H20N2O4. The highest BCUT2D eigenvalue weighted by Gasteiger charge is 2.15. The summed E-state index contributed by atoms with van der Waals surface area (Å²) in [5.41, 5.74) is 1.16. The van der Waals surface area contributed by atoms with Gasteiger partial charge in [0.05, 0.1) is 20.8 Å². The Labute approximate surface area is 152 Å². The first kappa shape index (κ1) is 18.9. The number of methoxy groups -OCH3 is 2. The van der Waals surface area contributed by atoms with Crippen LogP contribution in [0, 0.1) is 11.3 Å². The molecule has 0 atom stereocenters. The molecule has 0 aliphatic carbocycles. The zero-order valence-electron chi connectivity index (χ0n) is 14.9. The van der Waals surface area contributed by atoms with E-state index in [0.29, 0.717) is 35.1 Å². The molecule has 2 rings (SSSR count). The average molecular weight is 352 g/mol. The number of para-hydroxylation sites is 1. The lowest BCUT2D eigenvalue weighted by Gasteiger charge is -2.14. The van der Waals surface area contributed by atoms with Crippen molar-refractivity contribution >= 4 is 17.7 Å². The molecule has 0 spiro atoms. The van der Waals surface area contributed by atoms with E-state index in [1.54, 1.807) is 36.4 Å². The number of carbonyl (C=O) groups is 1. The molecule has 1 N–H and O–H groups in total. The van der Waals surface area contributed by atoms with E-state index in [9.17, 15) is 10.1 Å². The maximum atomic E-state index is 12.3. The molecule has 134 valence electrons. The van der Waals surface area contributed by atoms with Crippen LogP contribution in [0.3, 0.4) is 0 Å². The smallest absolute Gasteiger partial charge is 0.266 e. The molecule has 0 heterocycles. The molecule has 0 unspecified atom stereocenters. The molecule has 0 bridgehead atoms. The normalized spacial score (nSPS) is 10.6. The number of benzene rings is 2. The Kier molecular flexibility index (Phi) is 6.63. The van der Waals surface area contributed by atoms with Crippen LogP contribution in [-0.2, 0) is 4.79 Å². The van der Waals surface area contributed by atoms with Crippen molar-refractivity contribution in [1.82, 2.24) is 0 Å². The Morgan fingerprint density at radius 2 is 1.77 bits per heavy atom. The number of nitrogens with zero attached hydrogens (tertiary/aromatic N) is 1. The molecule has 6 nitrogen and oxygen atoms in total. The molecule has 6 heteroatoms. The van der Waals surface area contributed by atoms with Crippen molar-refractivity contribution in [3.63, 3.8) is 0 Å². The van der Waals surface area contributed by atoms with Crippen molar-refractivity contribution in [2.75, 3.05) is 26.1 Å². The monoisotopic (exact) mass is 352 g/mol. The van der Waals surface area contributed by atoms with Gasteiger partial charge in [-0.1, -0.05) is 18.2 Å². The molecule has 0 saturated heterocycles. The fourth-order valence-electron chi connectivity index (χ4n) is 2.31. The number of ether oxygens (including phenoxy) is 3. The lowest BCUT2D eigenvalue weighted by Crippen LogP contribution is -2.13. The Bertz CT molecular complexity index is 814. The minimum absolute atomic E-state index is 0.0397. The molecule has 0 saturated carbocycles. The number of anilines is 1. The van der Waals surface area contributed by atoms with Gasteiger partial charge in [-0.15, -0.1) is 0 Å². The summed E-state index contributed by atoms with van der Waals surface area (Å²) in [4.78, 5) is 12.3. The Morgan fingerprint density at radius 1 is 1.15 bits per heavy atom. The van der Waals surface area contributed by atoms with Crippen LogP contribution in [0.2, 0.25) is 0 Å². The summed E-state index contributed by atoms with van der Waals surface area (Å²) in [5, 5.41) is 12.0. The summed E-state index contributed by atoms with van der Waals surface area (Å²) in [5.74, 6) is 0.892. The maximum Gasteiger partial charge on any atom is 0.266 e. The second-order valence-corrected chi connectivity index (χ2v) is 5.18. The van der Waals surface area contributed by atoms with Crippen molar-refractivity contribution in [2.24, 2.45) is 0 Å². The van der Waals surface area contributed by atoms with E-state index in [1.807, 2.05) is 19.1 Å². The molecule has 2 aromatic rings. The van der Waals surface area contributed by atoms with Gasteiger partial charge in [0.25, 0.3) is 5.91 Å². The maximum absolute atomic E-state index is 12.3. The van der Waals surface area contributed by atoms with Crippen LogP contribution >= 0.6 is 0 Å². The first-order valence-corrected chi connectivity index (χ1v) is 8.00. The molecule has 0 aliphatic heterocycles. The molecule has 26 heavy (non-hydrogen) atoms. The van der Waals surface area contributed by atoms with Gasteiger partial charge in [-0.05, 0) is 42.8 Å². The van der Waals surface area contributed by atoms with E-state index in [2.05, 4.69) is 5.32 Å². The third-order valence-electron chi connectivity index (χ3n) is 3.48. The van der Waals surface area contributed by atoms with Gasteiger partial charge in [-0.2, -0.15) is 5.26 Å². The number of rotatable bonds is 7. The van der Waals surface area contributed by atoms with E-state index in [1.165, 1.54) is 20.3 Å². The van der Waals surface area contributed by atoms with Gasteiger partial charge in [0.1, 0.15) is 11.6 Å². The fourth-order valence-corrected chi connectivity index (χ4v) is 2.31. The van der Waals surface area contributed by atoms with Crippen LogP contribution in [-0.4, -0.2) is 26.7 Å². The average Bonchev–Trinajstić information content (AvgIpc) is 2.67. The van der Waals surface area contributed by atoms with E-state index in [-0.39, 0.29) is 5.57 Å². The number of amides is 1. The Hall–Kier alpha value is -3.46. The summed E-state index contributed by atoms with van der Waals surface area (Å²) in [6, 6.07) is 14.2. The van der Waals surface area contributed by atoms with E-state index < -0.39 is 5.91 Å². The van der Waals surface area contributed by atoms with Gasteiger partial charge in [0.15, 0.2) is 11.5 Å². The SMILES string of the molecule is CCOc1c(OC)cc(/C=C(/C#N)C(=O)Nc2ccccc2)cc1OC. The highest BCUT2D eigenvalue weighted by atomic mass is 16.5. The number of nitriles is 1. The summed E-state index contributed by atoms with van der Waals surface area (Å²) < 4.78 is 16.2. The van der Waals surface area contributed by atoms with Crippen molar-refractivity contribution in [3.8, 4) is 23.3 Å². The largest absolute Gasteiger partial charge is 0.493 e. The molecular weight excluding hydrogens is 332 g/mol. The van der Waals surface area contributed by atoms with Crippen LogP contribution in [0.15, 0.2) is 48.0 Å². The predicted octanol–water partition coefficient (Wildman–Crippen LogP) is 3.65. The number of hydrogen-bond donors (Lipinski definition) is 1. The zero-order chi connectivity index (χ0) is 18.9. The quantitative estimate of drug-likeness (QED) is 0.608. The van der Waals surface area contributed by atoms with E-state index in [4.69, 9.17) is 14.2 Å². The summed E-state index contributed by atoms with van der Waals surface area (Å²) in [6.45, 7) is 2.30.